The highest BCUT2D eigenvalue weighted by molar-refractivity contribution is 14.0. The van der Waals surface area contributed by atoms with Gasteiger partial charge in [0, 0.05) is 32.3 Å². The third kappa shape index (κ3) is 10.8. The lowest BCUT2D eigenvalue weighted by Crippen LogP contribution is -2.38. The Morgan fingerprint density at radius 1 is 1.19 bits per heavy atom. The topological polar surface area (TPSA) is 58.1 Å². The molecule has 0 fully saturated rings. The van der Waals surface area contributed by atoms with Crippen molar-refractivity contribution in [1.82, 2.24) is 15.5 Å². The summed E-state index contributed by atoms with van der Waals surface area (Å²) in [4.78, 5) is 6.45. The first-order valence-electron chi connectivity index (χ1n) is 8.96. The molecule has 6 nitrogen and oxygen atoms in total. The minimum atomic E-state index is 0. The SMILES string of the molecule is CCOCCOc1cc(C)ccc1CNC(=NC)NCCCN(C)C.I. The summed E-state index contributed by atoms with van der Waals surface area (Å²) in [6.45, 7) is 8.54. The van der Waals surface area contributed by atoms with Gasteiger partial charge in [0.2, 0.25) is 0 Å². The van der Waals surface area contributed by atoms with Crippen molar-refractivity contribution in [2.45, 2.75) is 26.8 Å². The van der Waals surface area contributed by atoms with Crippen molar-refractivity contribution in [3.05, 3.63) is 29.3 Å². The second kappa shape index (κ2) is 15.0. The first kappa shape index (κ1) is 24.9. The van der Waals surface area contributed by atoms with Crippen molar-refractivity contribution in [1.29, 1.82) is 0 Å². The van der Waals surface area contributed by atoms with Crippen molar-refractivity contribution in [3.8, 4) is 5.75 Å². The van der Waals surface area contributed by atoms with E-state index in [1.165, 1.54) is 5.56 Å². The lowest BCUT2D eigenvalue weighted by atomic mass is 10.1. The van der Waals surface area contributed by atoms with Crippen LogP contribution in [0.1, 0.15) is 24.5 Å². The van der Waals surface area contributed by atoms with Crippen molar-refractivity contribution >= 4 is 29.9 Å². The largest absolute Gasteiger partial charge is 0.491 e. The van der Waals surface area contributed by atoms with Gasteiger partial charge in [-0.2, -0.15) is 0 Å². The molecule has 0 saturated carbocycles. The molecule has 0 aliphatic carbocycles. The average Bonchev–Trinajstić information content (AvgIpc) is 2.59. The molecule has 0 bridgehead atoms. The maximum absolute atomic E-state index is 5.88. The number of nitrogens with zero attached hydrogens (tertiary/aromatic N) is 2. The minimum Gasteiger partial charge on any atom is -0.491 e. The molecule has 0 heterocycles. The van der Waals surface area contributed by atoms with Crippen LogP contribution in [0.5, 0.6) is 5.75 Å². The fourth-order valence-electron chi connectivity index (χ4n) is 2.30. The fourth-order valence-corrected chi connectivity index (χ4v) is 2.30. The monoisotopic (exact) mass is 478 g/mol. The number of benzene rings is 1. The van der Waals surface area contributed by atoms with E-state index in [0.29, 0.717) is 26.4 Å². The summed E-state index contributed by atoms with van der Waals surface area (Å²) >= 11 is 0. The van der Waals surface area contributed by atoms with E-state index in [2.05, 4.69) is 59.7 Å². The zero-order chi connectivity index (χ0) is 18.5. The smallest absolute Gasteiger partial charge is 0.191 e. The Hall–Kier alpha value is -1.06. The molecular weight excluding hydrogens is 443 g/mol. The lowest BCUT2D eigenvalue weighted by Gasteiger charge is -2.16. The number of rotatable bonds is 11. The molecule has 150 valence electrons. The Morgan fingerprint density at radius 3 is 2.62 bits per heavy atom. The van der Waals surface area contributed by atoms with Crippen LogP contribution in [-0.2, 0) is 11.3 Å². The highest BCUT2D eigenvalue weighted by Gasteiger charge is 2.06. The van der Waals surface area contributed by atoms with E-state index >= 15 is 0 Å². The molecule has 2 N–H and O–H groups in total. The molecule has 0 unspecified atom stereocenters. The van der Waals surface area contributed by atoms with Gasteiger partial charge < -0.3 is 25.0 Å². The molecule has 0 saturated heterocycles. The van der Waals surface area contributed by atoms with Crippen LogP contribution in [0.4, 0.5) is 0 Å². The van der Waals surface area contributed by atoms with Crippen molar-refractivity contribution < 1.29 is 9.47 Å². The van der Waals surface area contributed by atoms with Crippen molar-refractivity contribution in [2.75, 3.05) is 54.1 Å². The zero-order valence-corrected chi connectivity index (χ0v) is 19.1. The Morgan fingerprint density at radius 2 is 1.96 bits per heavy atom. The van der Waals surface area contributed by atoms with Gasteiger partial charge >= 0.3 is 0 Å². The highest BCUT2D eigenvalue weighted by atomic mass is 127. The molecule has 1 rings (SSSR count). The number of hydrogen-bond acceptors (Lipinski definition) is 4. The van der Waals surface area contributed by atoms with Gasteiger partial charge in [-0.3, -0.25) is 4.99 Å². The quantitative estimate of drug-likeness (QED) is 0.222. The summed E-state index contributed by atoms with van der Waals surface area (Å²) in [5, 5.41) is 6.69. The minimum absolute atomic E-state index is 0. The maximum Gasteiger partial charge on any atom is 0.191 e. The molecular formula is C19H35IN4O2. The zero-order valence-electron chi connectivity index (χ0n) is 16.8. The first-order chi connectivity index (χ1) is 12.1. The van der Waals surface area contributed by atoms with Crippen LogP contribution in [0.25, 0.3) is 0 Å². The van der Waals surface area contributed by atoms with Crippen LogP contribution in [0.2, 0.25) is 0 Å². The summed E-state index contributed by atoms with van der Waals surface area (Å²) in [7, 11) is 5.95. The normalized spacial score (nSPS) is 11.2. The van der Waals surface area contributed by atoms with Gasteiger partial charge in [-0.15, -0.1) is 24.0 Å². The van der Waals surface area contributed by atoms with Crippen LogP contribution in [0, 0.1) is 6.92 Å². The summed E-state index contributed by atoms with van der Waals surface area (Å²) in [5.41, 5.74) is 2.29. The number of guanidine groups is 1. The molecule has 1 aromatic carbocycles. The lowest BCUT2D eigenvalue weighted by molar-refractivity contribution is 0.110. The van der Waals surface area contributed by atoms with Crippen LogP contribution < -0.4 is 15.4 Å². The summed E-state index contributed by atoms with van der Waals surface area (Å²) in [6, 6.07) is 6.26. The van der Waals surface area contributed by atoms with E-state index in [-0.39, 0.29) is 24.0 Å². The molecule has 1 aromatic rings. The van der Waals surface area contributed by atoms with Crippen molar-refractivity contribution in [3.63, 3.8) is 0 Å². The second-order valence-electron chi connectivity index (χ2n) is 6.17. The second-order valence-corrected chi connectivity index (χ2v) is 6.17. The molecule has 0 aromatic heterocycles. The number of halogens is 1. The van der Waals surface area contributed by atoms with Gasteiger partial charge in [0.1, 0.15) is 12.4 Å². The van der Waals surface area contributed by atoms with Crippen molar-refractivity contribution in [2.24, 2.45) is 4.99 Å². The Kier molecular flexibility index (Phi) is 14.4. The number of hydrogen-bond donors (Lipinski definition) is 2. The van der Waals surface area contributed by atoms with Gasteiger partial charge in [0.05, 0.1) is 6.61 Å². The summed E-state index contributed by atoms with van der Waals surface area (Å²) in [5.74, 6) is 1.70. The average molecular weight is 478 g/mol. The summed E-state index contributed by atoms with van der Waals surface area (Å²) < 4.78 is 11.2. The third-order valence-corrected chi connectivity index (χ3v) is 3.66. The van der Waals surface area contributed by atoms with E-state index in [0.717, 1.165) is 36.8 Å². The number of aryl methyl sites for hydroxylation is 1. The Labute approximate surface area is 175 Å². The fraction of sp³-hybridized carbons (Fsp3) is 0.632. The van der Waals surface area contributed by atoms with Gasteiger partial charge in [-0.05, 0) is 52.5 Å². The third-order valence-electron chi connectivity index (χ3n) is 3.66. The van der Waals surface area contributed by atoms with E-state index in [1.807, 2.05) is 6.92 Å². The number of aliphatic imine (C=N–C) groups is 1. The Balaban J connectivity index is 0.00000625. The summed E-state index contributed by atoms with van der Waals surface area (Å²) in [6.07, 6.45) is 1.07. The van der Waals surface area contributed by atoms with Gasteiger partial charge in [0.15, 0.2) is 5.96 Å². The van der Waals surface area contributed by atoms with Crippen LogP contribution in [-0.4, -0.2) is 64.9 Å². The predicted molar refractivity (Wildman–Crippen MR) is 120 cm³/mol. The van der Waals surface area contributed by atoms with Crippen LogP contribution in [0.3, 0.4) is 0 Å². The molecule has 0 atom stereocenters. The maximum atomic E-state index is 5.88. The van der Waals surface area contributed by atoms with Crippen LogP contribution >= 0.6 is 24.0 Å². The van der Waals surface area contributed by atoms with E-state index < -0.39 is 0 Å². The van der Waals surface area contributed by atoms with Gasteiger partial charge in [0.25, 0.3) is 0 Å². The molecule has 0 amide bonds. The standard InChI is InChI=1S/C19H34N4O2.HI/c1-6-24-12-13-25-18-14-16(2)8-9-17(18)15-22-19(20-3)21-10-7-11-23(4)5;/h8-9,14H,6-7,10-13,15H2,1-5H3,(H2,20,21,22);1H. The van der Waals surface area contributed by atoms with E-state index in [1.54, 1.807) is 7.05 Å². The number of ether oxygens (including phenoxy) is 2. The van der Waals surface area contributed by atoms with E-state index in [9.17, 15) is 0 Å². The van der Waals surface area contributed by atoms with Gasteiger partial charge in [-0.25, -0.2) is 0 Å². The molecule has 26 heavy (non-hydrogen) atoms. The Bertz CT molecular complexity index is 524. The molecule has 0 aliphatic rings. The molecule has 0 aliphatic heterocycles. The van der Waals surface area contributed by atoms with Crippen LogP contribution in [0.15, 0.2) is 23.2 Å². The van der Waals surface area contributed by atoms with E-state index in [4.69, 9.17) is 9.47 Å². The molecule has 0 spiro atoms. The molecule has 0 radical (unpaired) electrons. The molecule has 7 heteroatoms. The first-order valence-corrected chi connectivity index (χ1v) is 8.96. The highest BCUT2D eigenvalue weighted by Crippen LogP contribution is 2.20. The predicted octanol–water partition coefficient (Wildman–Crippen LogP) is 2.65. The van der Waals surface area contributed by atoms with Gasteiger partial charge in [-0.1, -0.05) is 12.1 Å². The number of nitrogens with one attached hydrogen (secondary N) is 2.